The number of aliphatic carboxylic acids is 1. The molecule has 0 radical (unpaired) electrons. The Bertz CT molecular complexity index is 432. The van der Waals surface area contributed by atoms with Crippen LogP contribution in [0.4, 0.5) is 4.79 Å². The maximum atomic E-state index is 11.2. The minimum atomic E-state index is -4.07. The predicted molar refractivity (Wildman–Crippen MR) is 63.6 cm³/mol. The number of rotatable bonds is 9. The molecule has 0 aliphatic rings. The summed E-state index contributed by atoms with van der Waals surface area (Å²) in [6.07, 6.45) is -1.30. The summed E-state index contributed by atoms with van der Waals surface area (Å²) >= 11 is 0. The molecule has 0 aromatic rings. The first-order valence-electron chi connectivity index (χ1n) is 5.38. The molecule has 0 saturated heterocycles. The predicted octanol–water partition coefficient (Wildman–Crippen LogP) is -0.609. The topological polar surface area (TPSA) is 139 Å². The van der Waals surface area contributed by atoms with Gasteiger partial charge >= 0.3 is 22.3 Å². The summed E-state index contributed by atoms with van der Waals surface area (Å²) in [6, 6.07) is 0. The van der Waals surface area contributed by atoms with E-state index in [1.165, 1.54) is 6.92 Å². The van der Waals surface area contributed by atoms with E-state index in [9.17, 15) is 22.8 Å². The van der Waals surface area contributed by atoms with E-state index in [2.05, 4.69) is 4.74 Å². The number of hydrogen-bond donors (Lipinski definition) is 3. The van der Waals surface area contributed by atoms with Crippen molar-refractivity contribution in [2.24, 2.45) is 0 Å². The molecular formula is C9H16N2O7S. The van der Waals surface area contributed by atoms with Crippen LogP contribution in [0.3, 0.4) is 0 Å². The lowest BCUT2D eigenvalue weighted by Crippen LogP contribution is -2.41. The number of hydrogen-bond acceptors (Lipinski definition) is 6. The molecule has 0 unspecified atom stereocenters. The van der Waals surface area contributed by atoms with E-state index in [0.717, 1.165) is 0 Å². The summed E-state index contributed by atoms with van der Waals surface area (Å²) in [4.78, 5) is 31.8. The Kier molecular flexibility index (Phi) is 7.68. The van der Waals surface area contributed by atoms with Crippen LogP contribution < -0.4 is 9.44 Å². The van der Waals surface area contributed by atoms with Crippen molar-refractivity contribution in [3.05, 3.63) is 0 Å². The second kappa shape index (κ2) is 8.43. The van der Waals surface area contributed by atoms with Gasteiger partial charge in [0.15, 0.2) is 0 Å². The number of Topliss-reactive ketones (excluding diaryl/α,β-unsaturated/α-hetero) is 1. The lowest BCUT2D eigenvalue weighted by molar-refractivity contribution is -0.137. The number of nitrogens with one attached hydrogen (secondary N) is 2. The fraction of sp³-hybridized carbons (Fsp3) is 0.667. The second-order valence-electron chi connectivity index (χ2n) is 3.59. The first-order chi connectivity index (χ1) is 8.73. The van der Waals surface area contributed by atoms with Gasteiger partial charge in [-0.05, 0) is 13.3 Å². The van der Waals surface area contributed by atoms with Gasteiger partial charge in [-0.3, -0.25) is 9.59 Å². The smallest absolute Gasteiger partial charge is 0.421 e. The van der Waals surface area contributed by atoms with Crippen molar-refractivity contribution in [1.29, 1.82) is 0 Å². The Labute approximate surface area is 110 Å². The summed E-state index contributed by atoms with van der Waals surface area (Å²) in [6.45, 7) is 0.969. The molecular weight excluding hydrogens is 280 g/mol. The molecule has 0 rings (SSSR count). The number of carboxylic acid groups (broad SMARTS) is 1. The molecule has 0 atom stereocenters. The van der Waals surface area contributed by atoms with E-state index < -0.39 is 22.3 Å². The Morgan fingerprint density at radius 1 is 1.21 bits per heavy atom. The maximum absolute atomic E-state index is 11.2. The van der Waals surface area contributed by atoms with Crippen molar-refractivity contribution in [3.63, 3.8) is 0 Å². The number of ether oxygens (including phenoxy) is 1. The molecule has 0 saturated carbocycles. The van der Waals surface area contributed by atoms with E-state index in [1.807, 2.05) is 4.72 Å². The zero-order chi connectivity index (χ0) is 14.9. The minimum absolute atomic E-state index is 0.00850. The van der Waals surface area contributed by atoms with Crippen LogP contribution in [-0.4, -0.2) is 44.5 Å². The van der Waals surface area contributed by atoms with Gasteiger partial charge in [0.05, 0.1) is 6.61 Å². The normalized spacial score (nSPS) is 10.8. The Balaban J connectivity index is 3.89. The SMILES string of the molecule is CC(=O)CCNS(=O)(=O)NC(=O)OCCCC(=O)O. The molecule has 0 spiro atoms. The highest BCUT2D eigenvalue weighted by molar-refractivity contribution is 7.88. The molecule has 0 aromatic carbocycles. The Morgan fingerprint density at radius 3 is 2.37 bits per heavy atom. The zero-order valence-electron chi connectivity index (χ0n) is 10.3. The van der Waals surface area contributed by atoms with Crippen molar-refractivity contribution < 1.29 is 32.6 Å². The highest BCUT2D eigenvalue weighted by Crippen LogP contribution is 1.91. The highest BCUT2D eigenvalue weighted by Gasteiger charge is 2.14. The minimum Gasteiger partial charge on any atom is -0.481 e. The fourth-order valence-corrected chi connectivity index (χ4v) is 1.65. The molecule has 0 aliphatic heterocycles. The molecule has 0 bridgehead atoms. The largest absolute Gasteiger partial charge is 0.481 e. The molecule has 0 heterocycles. The van der Waals surface area contributed by atoms with E-state index in [0.29, 0.717) is 0 Å². The van der Waals surface area contributed by atoms with Gasteiger partial charge in [0.25, 0.3) is 0 Å². The summed E-state index contributed by atoms with van der Waals surface area (Å²) in [5.41, 5.74) is 0. The summed E-state index contributed by atoms with van der Waals surface area (Å²) in [5, 5.41) is 8.32. The van der Waals surface area contributed by atoms with Gasteiger partial charge in [-0.25, -0.2) is 9.52 Å². The second-order valence-corrected chi connectivity index (χ2v) is 5.08. The average Bonchev–Trinajstić information content (AvgIpc) is 2.22. The quantitative estimate of drug-likeness (QED) is 0.482. The molecule has 0 aliphatic carbocycles. The maximum Gasteiger partial charge on any atom is 0.421 e. The zero-order valence-corrected chi connectivity index (χ0v) is 11.2. The summed E-state index contributed by atoms with van der Waals surface area (Å²) in [5.74, 6) is -1.23. The van der Waals surface area contributed by atoms with Gasteiger partial charge in [-0.1, -0.05) is 0 Å². The number of carbonyl (C=O) groups excluding carboxylic acids is 2. The summed E-state index contributed by atoms with van der Waals surface area (Å²) < 4.78 is 30.5. The van der Waals surface area contributed by atoms with Crippen LogP contribution in [-0.2, 0) is 24.5 Å². The third kappa shape index (κ3) is 11.2. The summed E-state index contributed by atoms with van der Waals surface area (Å²) in [7, 11) is -4.07. The van der Waals surface area contributed by atoms with Gasteiger partial charge in [-0.15, -0.1) is 0 Å². The van der Waals surface area contributed by atoms with Gasteiger partial charge in [-0.2, -0.15) is 13.1 Å². The van der Waals surface area contributed by atoms with Crippen molar-refractivity contribution in [3.8, 4) is 0 Å². The first kappa shape index (κ1) is 17.3. The van der Waals surface area contributed by atoms with E-state index in [4.69, 9.17) is 5.11 Å². The van der Waals surface area contributed by atoms with E-state index in [-0.39, 0.29) is 38.2 Å². The fourth-order valence-electron chi connectivity index (χ4n) is 0.925. The van der Waals surface area contributed by atoms with Gasteiger partial charge < -0.3 is 9.84 Å². The number of amides is 1. The molecule has 3 N–H and O–H groups in total. The highest BCUT2D eigenvalue weighted by atomic mass is 32.2. The van der Waals surface area contributed by atoms with Crippen molar-refractivity contribution in [1.82, 2.24) is 9.44 Å². The third-order valence-corrected chi connectivity index (χ3v) is 2.77. The van der Waals surface area contributed by atoms with Crippen molar-refractivity contribution >= 4 is 28.1 Å². The van der Waals surface area contributed by atoms with Crippen LogP contribution >= 0.6 is 0 Å². The van der Waals surface area contributed by atoms with Crippen molar-refractivity contribution in [2.45, 2.75) is 26.2 Å². The van der Waals surface area contributed by atoms with Crippen LogP contribution in [0.2, 0.25) is 0 Å². The van der Waals surface area contributed by atoms with Gasteiger partial charge in [0.1, 0.15) is 5.78 Å². The Morgan fingerprint density at radius 2 is 1.84 bits per heavy atom. The third-order valence-electron chi connectivity index (χ3n) is 1.75. The lowest BCUT2D eigenvalue weighted by atomic mass is 10.3. The molecule has 0 aromatic heterocycles. The molecule has 9 nitrogen and oxygen atoms in total. The molecule has 110 valence electrons. The standard InChI is InChI=1S/C9H16N2O7S/c1-7(12)4-5-10-19(16,17)11-9(15)18-6-2-3-8(13)14/h10H,2-6H2,1H3,(H,11,15)(H,13,14). The molecule has 19 heavy (non-hydrogen) atoms. The van der Waals surface area contributed by atoms with E-state index >= 15 is 0 Å². The van der Waals surface area contributed by atoms with E-state index in [1.54, 1.807) is 4.72 Å². The van der Waals surface area contributed by atoms with Gasteiger partial charge in [0.2, 0.25) is 0 Å². The number of ketones is 1. The van der Waals surface area contributed by atoms with Crippen LogP contribution in [0.5, 0.6) is 0 Å². The van der Waals surface area contributed by atoms with Crippen LogP contribution in [0.15, 0.2) is 0 Å². The van der Waals surface area contributed by atoms with Crippen LogP contribution in [0.1, 0.15) is 26.2 Å². The van der Waals surface area contributed by atoms with Crippen LogP contribution in [0, 0.1) is 0 Å². The average molecular weight is 296 g/mol. The number of carbonyl (C=O) groups is 3. The monoisotopic (exact) mass is 296 g/mol. The lowest BCUT2D eigenvalue weighted by Gasteiger charge is -2.08. The van der Waals surface area contributed by atoms with Gasteiger partial charge in [0, 0.05) is 19.4 Å². The Hall–Kier alpha value is -1.68. The van der Waals surface area contributed by atoms with Crippen LogP contribution in [0.25, 0.3) is 0 Å². The molecule has 1 amide bonds. The molecule has 0 fully saturated rings. The van der Waals surface area contributed by atoms with Crippen molar-refractivity contribution in [2.75, 3.05) is 13.2 Å². The first-order valence-corrected chi connectivity index (χ1v) is 6.86. The number of carboxylic acids is 1. The molecule has 10 heteroatoms.